The number of hydrogen-bond acceptors (Lipinski definition) is 3. The predicted molar refractivity (Wildman–Crippen MR) is 133 cm³/mol. The molecule has 7 heteroatoms. The molecule has 0 atom stereocenters. The molecule has 1 heterocycles. The summed E-state index contributed by atoms with van der Waals surface area (Å²) in [5.41, 5.74) is 5.32. The lowest BCUT2D eigenvalue weighted by Gasteiger charge is -2.09. The Morgan fingerprint density at radius 3 is 2.19 bits per heavy atom. The number of rotatable bonds is 8. The molecule has 0 amide bonds. The maximum absolute atomic E-state index is 12.1. The molecule has 0 bridgehead atoms. The minimum atomic E-state index is -0.0227. The lowest BCUT2D eigenvalue weighted by Crippen LogP contribution is -2.19. The summed E-state index contributed by atoms with van der Waals surface area (Å²) in [6.45, 7) is 2.18. The molecule has 5 nitrogen and oxygen atoms in total. The lowest BCUT2D eigenvalue weighted by molar-refractivity contribution is 0.306. The molecule has 0 unspecified atom stereocenters. The topological polar surface area (TPSA) is 48.2 Å². The average molecular weight is 472 g/mol. The van der Waals surface area contributed by atoms with Gasteiger partial charge in [-0.3, -0.25) is 9.13 Å². The Kier molecular flexibility index (Phi) is 8.02. The first-order valence-electron chi connectivity index (χ1n) is 10.3. The van der Waals surface area contributed by atoms with Gasteiger partial charge in [0, 0.05) is 25.7 Å². The normalized spacial score (nSPS) is 10.8. The van der Waals surface area contributed by atoms with Crippen molar-refractivity contribution in [3.8, 4) is 5.75 Å². The molecule has 0 saturated heterocycles. The summed E-state index contributed by atoms with van der Waals surface area (Å²) in [6.07, 6.45) is 0.968. The number of aryl methyl sites for hydroxylation is 2. The summed E-state index contributed by atoms with van der Waals surface area (Å²) in [5, 5.41) is 4.24. The second kappa shape index (κ2) is 10.7. The van der Waals surface area contributed by atoms with Crippen LogP contribution in [-0.4, -0.2) is 15.7 Å². The van der Waals surface area contributed by atoms with Gasteiger partial charge in [0.25, 0.3) is 0 Å². The van der Waals surface area contributed by atoms with Crippen LogP contribution < -0.4 is 15.7 Å². The largest absolute Gasteiger partial charge is 0.489 e. The van der Waals surface area contributed by atoms with Crippen molar-refractivity contribution >= 4 is 35.0 Å². The second-order valence-electron chi connectivity index (χ2n) is 7.71. The zero-order valence-electron chi connectivity index (χ0n) is 18.2. The molecule has 32 heavy (non-hydrogen) atoms. The fourth-order valence-corrected chi connectivity index (χ4v) is 3.75. The van der Waals surface area contributed by atoms with Crippen molar-refractivity contribution in [1.29, 1.82) is 0 Å². The minimum Gasteiger partial charge on any atom is -0.489 e. The van der Waals surface area contributed by atoms with Gasteiger partial charge < -0.3 is 10.1 Å². The first-order valence-corrected chi connectivity index (χ1v) is 10.7. The number of nitrogens with zero attached hydrogens (tertiary/aromatic N) is 2. The van der Waals surface area contributed by atoms with Crippen molar-refractivity contribution in [1.82, 2.24) is 14.5 Å². The predicted octanol–water partition coefficient (Wildman–Crippen LogP) is 4.86. The Hall–Kier alpha value is -2.73. The van der Waals surface area contributed by atoms with Crippen LogP contribution in [0, 0.1) is 0 Å². The van der Waals surface area contributed by atoms with Gasteiger partial charge in [0.2, 0.25) is 0 Å². The van der Waals surface area contributed by atoms with Crippen molar-refractivity contribution in [2.75, 3.05) is 6.54 Å². The van der Waals surface area contributed by atoms with Crippen molar-refractivity contribution in [2.45, 2.75) is 19.6 Å². The molecule has 0 radical (unpaired) electrons. The number of nitrogens with one attached hydrogen (secondary N) is 1. The highest BCUT2D eigenvalue weighted by Gasteiger charge is 2.08. The Labute approximate surface area is 199 Å². The SMILES string of the molecule is Cl.Cn1c(=O)n(C)c2cc(COc3ccc(CNCCc4ccc(Cl)cc4)cc3)ccc21. The van der Waals surface area contributed by atoms with Gasteiger partial charge in [-0.25, -0.2) is 4.79 Å². The van der Waals surface area contributed by atoms with Gasteiger partial charge in [-0.15, -0.1) is 12.4 Å². The molecular weight excluding hydrogens is 445 g/mol. The summed E-state index contributed by atoms with van der Waals surface area (Å²) >= 11 is 5.92. The van der Waals surface area contributed by atoms with Gasteiger partial charge in [-0.05, 0) is 66.1 Å². The Morgan fingerprint density at radius 2 is 1.47 bits per heavy atom. The third-order valence-electron chi connectivity index (χ3n) is 5.50. The van der Waals surface area contributed by atoms with Gasteiger partial charge in [0.15, 0.2) is 0 Å². The van der Waals surface area contributed by atoms with E-state index in [9.17, 15) is 4.79 Å². The Bertz CT molecular complexity index is 1230. The molecule has 1 N–H and O–H groups in total. The average Bonchev–Trinajstić information content (AvgIpc) is 3.01. The quantitative estimate of drug-likeness (QED) is 0.373. The minimum absolute atomic E-state index is 0. The van der Waals surface area contributed by atoms with E-state index in [1.54, 1.807) is 23.2 Å². The van der Waals surface area contributed by atoms with E-state index in [-0.39, 0.29) is 18.1 Å². The van der Waals surface area contributed by atoms with E-state index in [1.165, 1.54) is 11.1 Å². The fourth-order valence-electron chi connectivity index (χ4n) is 3.63. The van der Waals surface area contributed by atoms with E-state index in [2.05, 4.69) is 29.6 Å². The van der Waals surface area contributed by atoms with E-state index in [4.69, 9.17) is 16.3 Å². The zero-order valence-corrected chi connectivity index (χ0v) is 19.7. The number of ether oxygens (including phenoxy) is 1. The van der Waals surface area contributed by atoms with Crippen LogP contribution in [0.15, 0.2) is 71.5 Å². The molecule has 0 fully saturated rings. The summed E-state index contributed by atoms with van der Waals surface area (Å²) in [5.74, 6) is 0.826. The summed E-state index contributed by atoms with van der Waals surface area (Å²) in [7, 11) is 3.58. The van der Waals surface area contributed by atoms with Crippen LogP contribution in [0.25, 0.3) is 11.0 Å². The van der Waals surface area contributed by atoms with Gasteiger partial charge in [0.05, 0.1) is 11.0 Å². The molecule has 0 saturated carbocycles. The van der Waals surface area contributed by atoms with Crippen molar-refractivity contribution in [3.63, 3.8) is 0 Å². The first-order chi connectivity index (χ1) is 15.0. The van der Waals surface area contributed by atoms with Crippen LogP contribution in [0.3, 0.4) is 0 Å². The molecule has 4 rings (SSSR count). The molecule has 4 aromatic rings. The van der Waals surface area contributed by atoms with Crippen LogP contribution in [0.4, 0.5) is 0 Å². The molecule has 1 aromatic heterocycles. The number of fused-ring (bicyclic) bond motifs is 1. The monoisotopic (exact) mass is 471 g/mol. The maximum atomic E-state index is 12.1. The fraction of sp³-hybridized carbons (Fsp3) is 0.240. The molecule has 0 spiro atoms. The Morgan fingerprint density at radius 1 is 0.844 bits per heavy atom. The van der Waals surface area contributed by atoms with Gasteiger partial charge in [-0.1, -0.05) is 41.9 Å². The third kappa shape index (κ3) is 5.54. The maximum Gasteiger partial charge on any atom is 0.328 e. The highest BCUT2D eigenvalue weighted by atomic mass is 35.5. The number of imidazole rings is 1. The molecule has 0 aliphatic carbocycles. The standard InChI is InChI=1S/C25H26ClN3O2.ClH/c1-28-23-12-7-20(15-24(23)29(2)25(28)30)17-31-22-10-5-19(6-11-22)16-27-14-13-18-3-8-21(26)9-4-18;/h3-12,15,27H,13-14,16-17H2,1-2H3;1H. The van der Waals surface area contributed by atoms with E-state index < -0.39 is 0 Å². The summed E-state index contributed by atoms with van der Waals surface area (Å²) in [4.78, 5) is 12.1. The van der Waals surface area contributed by atoms with E-state index in [1.807, 2.05) is 42.5 Å². The number of aromatic nitrogens is 2. The van der Waals surface area contributed by atoms with Gasteiger partial charge >= 0.3 is 5.69 Å². The number of benzene rings is 3. The smallest absolute Gasteiger partial charge is 0.328 e. The van der Waals surface area contributed by atoms with Crippen LogP contribution in [0.1, 0.15) is 16.7 Å². The van der Waals surface area contributed by atoms with Crippen molar-refractivity contribution < 1.29 is 4.74 Å². The third-order valence-corrected chi connectivity index (χ3v) is 5.75. The second-order valence-corrected chi connectivity index (χ2v) is 8.15. The zero-order chi connectivity index (χ0) is 21.8. The van der Waals surface area contributed by atoms with E-state index in [0.717, 1.165) is 46.9 Å². The molecular formula is C25H27Cl2N3O2. The number of halogens is 2. The highest BCUT2D eigenvalue weighted by Crippen LogP contribution is 2.18. The van der Waals surface area contributed by atoms with Crippen molar-refractivity contribution in [2.24, 2.45) is 14.1 Å². The lowest BCUT2D eigenvalue weighted by atomic mass is 10.1. The molecule has 0 aliphatic heterocycles. The van der Waals surface area contributed by atoms with Crippen LogP contribution in [0.2, 0.25) is 5.02 Å². The summed E-state index contributed by atoms with van der Waals surface area (Å²) < 4.78 is 9.26. The van der Waals surface area contributed by atoms with Gasteiger partial charge in [0.1, 0.15) is 12.4 Å². The van der Waals surface area contributed by atoms with Gasteiger partial charge in [-0.2, -0.15) is 0 Å². The van der Waals surface area contributed by atoms with Crippen LogP contribution >= 0.6 is 24.0 Å². The van der Waals surface area contributed by atoms with Crippen molar-refractivity contribution in [3.05, 3.63) is 98.9 Å². The van der Waals surface area contributed by atoms with E-state index in [0.29, 0.717) is 6.61 Å². The highest BCUT2D eigenvalue weighted by molar-refractivity contribution is 6.30. The number of hydrogen-bond donors (Lipinski definition) is 1. The van der Waals surface area contributed by atoms with Crippen LogP contribution in [0.5, 0.6) is 5.75 Å². The summed E-state index contributed by atoms with van der Waals surface area (Å²) in [6, 6.07) is 22.1. The molecule has 3 aromatic carbocycles. The first kappa shape index (κ1) is 23.9. The molecule has 168 valence electrons. The van der Waals surface area contributed by atoms with Crippen LogP contribution in [-0.2, 0) is 33.7 Å². The molecule has 0 aliphatic rings. The Balaban J connectivity index is 0.00000289. The van der Waals surface area contributed by atoms with E-state index >= 15 is 0 Å².